The summed E-state index contributed by atoms with van der Waals surface area (Å²) in [6.07, 6.45) is 4.86. The smallest absolute Gasteiger partial charge is 0.345 e. The topological polar surface area (TPSA) is 88.7 Å². The number of piperidine rings is 1. The van der Waals surface area contributed by atoms with Crippen molar-refractivity contribution in [3.63, 3.8) is 0 Å². The predicted molar refractivity (Wildman–Crippen MR) is 93.4 cm³/mol. The summed E-state index contributed by atoms with van der Waals surface area (Å²) >= 11 is 1.40. The van der Waals surface area contributed by atoms with E-state index in [1.165, 1.54) is 16.2 Å². The highest BCUT2D eigenvalue weighted by atomic mass is 32.1. The van der Waals surface area contributed by atoms with Crippen molar-refractivity contribution in [2.75, 3.05) is 19.7 Å². The zero-order chi connectivity index (χ0) is 17.7. The summed E-state index contributed by atoms with van der Waals surface area (Å²) in [5.41, 5.74) is 0.770. The second kappa shape index (κ2) is 6.14. The number of carboxylic acids is 1. The lowest BCUT2D eigenvalue weighted by Gasteiger charge is -2.43. The van der Waals surface area contributed by atoms with Crippen molar-refractivity contribution in [3.05, 3.63) is 33.1 Å². The maximum absolute atomic E-state index is 11.3. The molecule has 0 bridgehead atoms. The molecule has 2 fully saturated rings. The van der Waals surface area contributed by atoms with Crippen LogP contribution >= 0.6 is 11.3 Å². The number of ether oxygens (including phenoxy) is 1. The van der Waals surface area contributed by atoms with Crippen LogP contribution in [0.15, 0.2) is 10.6 Å². The highest BCUT2D eigenvalue weighted by Gasteiger charge is 2.42. The molecule has 2 aromatic rings. The molecule has 1 spiro atoms. The molecule has 2 aromatic heterocycles. The molecule has 4 heterocycles. The molecule has 26 heavy (non-hydrogen) atoms. The van der Waals surface area contributed by atoms with Gasteiger partial charge in [-0.25, -0.2) is 4.79 Å². The average Bonchev–Trinajstić information content (AvgIpc) is 3.21. The van der Waals surface area contributed by atoms with Crippen LogP contribution in [-0.4, -0.2) is 45.8 Å². The van der Waals surface area contributed by atoms with Crippen LogP contribution in [0.1, 0.15) is 63.4 Å². The molecular formula is C18H21N3O4S. The summed E-state index contributed by atoms with van der Waals surface area (Å²) in [4.78, 5) is 19.8. The van der Waals surface area contributed by atoms with Gasteiger partial charge in [0.15, 0.2) is 5.82 Å². The third-order valence-electron chi connectivity index (χ3n) is 5.66. The number of hydrogen-bond acceptors (Lipinski definition) is 7. The van der Waals surface area contributed by atoms with E-state index in [4.69, 9.17) is 9.26 Å². The van der Waals surface area contributed by atoms with Gasteiger partial charge in [0, 0.05) is 30.3 Å². The predicted octanol–water partition coefficient (Wildman–Crippen LogP) is 2.77. The van der Waals surface area contributed by atoms with Crippen molar-refractivity contribution < 1.29 is 19.2 Å². The molecule has 1 saturated carbocycles. The van der Waals surface area contributed by atoms with Gasteiger partial charge in [-0.05, 0) is 37.3 Å². The first kappa shape index (κ1) is 16.4. The van der Waals surface area contributed by atoms with E-state index in [0.29, 0.717) is 23.9 Å². The van der Waals surface area contributed by atoms with Gasteiger partial charge in [-0.2, -0.15) is 4.98 Å². The zero-order valence-electron chi connectivity index (χ0n) is 14.4. The van der Waals surface area contributed by atoms with Crippen molar-refractivity contribution in [2.45, 2.75) is 50.2 Å². The van der Waals surface area contributed by atoms with Crippen molar-refractivity contribution in [2.24, 2.45) is 0 Å². The Hall–Kier alpha value is -1.77. The minimum Gasteiger partial charge on any atom is -0.477 e. The number of thiophene rings is 1. The Morgan fingerprint density at radius 3 is 2.92 bits per heavy atom. The molecule has 2 aliphatic heterocycles. The van der Waals surface area contributed by atoms with E-state index in [1.54, 1.807) is 0 Å². The summed E-state index contributed by atoms with van der Waals surface area (Å²) in [6.45, 7) is 3.13. The number of nitrogens with zero attached hydrogens (tertiary/aromatic N) is 3. The molecule has 138 valence electrons. The number of fused-ring (bicyclic) bond motifs is 2. The van der Waals surface area contributed by atoms with Gasteiger partial charge in [0.05, 0.1) is 18.8 Å². The van der Waals surface area contributed by atoms with Gasteiger partial charge in [0.1, 0.15) is 4.88 Å². The molecular weight excluding hydrogens is 354 g/mol. The minimum absolute atomic E-state index is 0.329. The van der Waals surface area contributed by atoms with E-state index >= 15 is 0 Å². The second-order valence-corrected chi connectivity index (χ2v) is 8.58. The maximum atomic E-state index is 11.3. The number of rotatable bonds is 4. The SMILES string of the molecule is O=C(O)c1cc2c(s1)CCOC21CCN(Cc2noc(C3CC3)n2)CC1. The monoisotopic (exact) mass is 375 g/mol. The number of aromatic nitrogens is 2. The Morgan fingerprint density at radius 1 is 1.38 bits per heavy atom. The first-order valence-corrected chi connectivity index (χ1v) is 10.00. The summed E-state index contributed by atoms with van der Waals surface area (Å²) in [6, 6.07) is 1.83. The fourth-order valence-electron chi connectivity index (χ4n) is 4.04. The van der Waals surface area contributed by atoms with E-state index in [2.05, 4.69) is 15.0 Å². The number of hydrogen-bond donors (Lipinski definition) is 1. The summed E-state index contributed by atoms with van der Waals surface area (Å²) < 4.78 is 11.6. The van der Waals surface area contributed by atoms with Crippen LogP contribution in [0.4, 0.5) is 0 Å². The Bertz CT molecular complexity index is 833. The van der Waals surface area contributed by atoms with Crippen LogP contribution < -0.4 is 0 Å². The molecule has 1 aliphatic carbocycles. The normalized spacial score (nSPS) is 22.5. The van der Waals surface area contributed by atoms with Gasteiger partial charge in [-0.1, -0.05) is 5.16 Å². The van der Waals surface area contributed by atoms with Crippen molar-refractivity contribution in [3.8, 4) is 0 Å². The Kier molecular flexibility index (Phi) is 3.88. The van der Waals surface area contributed by atoms with E-state index < -0.39 is 5.97 Å². The number of carboxylic acid groups (broad SMARTS) is 1. The maximum Gasteiger partial charge on any atom is 0.345 e. The summed E-state index contributed by atoms with van der Waals surface area (Å²) in [5.74, 6) is 1.18. The lowest BCUT2D eigenvalue weighted by molar-refractivity contribution is -0.0983. The van der Waals surface area contributed by atoms with Crippen LogP contribution in [0.25, 0.3) is 0 Å². The van der Waals surface area contributed by atoms with Gasteiger partial charge >= 0.3 is 5.97 Å². The summed E-state index contributed by atoms with van der Waals surface area (Å²) in [5, 5.41) is 13.4. The highest BCUT2D eigenvalue weighted by molar-refractivity contribution is 7.14. The Labute approximate surface area is 155 Å². The third-order valence-corrected chi connectivity index (χ3v) is 6.84. The molecule has 8 heteroatoms. The fourth-order valence-corrected chi connectivity index (χ4v) is 5.11. The fraction of sp³-hybridized carbons (Fsp3) is 0.611. The standard InChI is InChI=1S/C18H21N3O4S/c22-17(23)14-9-12-13(26-14)3-8-24-18(12)4-6-21(7-5-18)10-15-19-16(25-20-15)11-1-2-11/h9,11H,1-8,10H2,(H,22,23). The lowest BCUT2D eigenvalue weighted by Crippen LogP contribution is -2.46. The first-order chi connectivity index (χ1) is 12.6. The molecule has 1 saturated heterocycles. The first-order valence-electron chi connectivity index (χ1n) is 9.18. The van der Waals surface area contributed by atoms with Crippen LogP contribution in [0.3, 0.4) is 0 Å². The van der Waals surface area contributed by atoms with Crippen molar-refractivity contribution in [1.82, 2.24) is 15.0 Å². The van der Waals surface area contributed by atoms with Crippen molar-refractivity contribution in [1.29, 1.82) is 0 Å². The minimum atomic E-state index is -0.847. The van der Waals surface area contributed by atoms with E-state index in [-0.39, 0.29) is 5.60 Å². The van der Waals surface area contributed by atoms with Gasteiger partial charge in [-0.3, -0.25) is 4.90 Å². The lowest BCUT2D eigenvalue weighted by atomic mass is 9.82. The third kappa shape index (κ3) is 2.86. The van der Waals surface area contributed by atoms with Gasteiger partial charge in [0.25, 0.3) is 0 Å². The van der Waals surface area contributed by atoms with Gasteiger partial charge in [-0.15, -0.1) is 11.3 Å². The average molecular weight is 375 g/mol. The largest absolute Gasteiger partial charge is 0.477 e. The van der Waals surface area contributed by atoms with Gasteiger partial charge < -0.3 is 14.4 Å². The molecule has 0 aromatic carbocycles. The van der Waals surface area contributed by atoms with Crippen LogP contribution in [0, 0.1) is 0 Å². The van der Waals surface area contributed by atoms with E-state index in [1.807, 2.05) is 6.07 Å². The van der Waals surface area contributed by atoms with Crippen molar-refractivity contribution >= 4 is 17.3 Å². The van der Waals surface area contributed by atoms with Gasteiger partial charge in [0.2, 0.25) is 5.89 Å². The number of aromatic carboxylic acids is 1. The zero-order valence-corrected chi connectivity index (χ0v) is 15.3. The molecule has 0 unspecified atom stereocenters. The second-order valence-electron chi connectivity index (χ2n) is 7.44. The van der Waals surface area contributed by atoms with E-state index in [0.717, 1.165) is 62.5 Å². The molecule has 3 aliphatic rings. The number of carbonyl (C=O) groups is 1. The Morgan fingerprint density at radius 2 is 2.19 bits per heavy atom. The van der Waals surface area contributed by atoms with E-state index in [9.17, 15) is 9.90 Å². The summed E-state index contributed by atoms with van der Waals surface area (Å²) in [7, 11) is 0. The van der Waals surface area contributed by atoms with Crippen LogP contribution in [0.2, 0.25) is 0 Å². The Balaban J connectivity index is 1.28. The number of likely N-dealkylation sites (tertiary alicyclic amines) is 1. The molecule has 7 nitrogen and oxygen atoms in total. The molecule has 0 atom stereocenters. The highest BCUT2D eigenvalue weighted by Crippen LogP contribution is 2.45. The molecule has 5 rings (SSSR count). The quantitative estimate of drug-likeness (QED) is 0.879. The molecule has 0 radical (unpaired) electrons. The molecule has 0 amide bonds. The van der Waals surface area contributed by atoms with Crippen LogP contribution in [-0.2, 0) is 23.3 Å². The van der Waals surface area contributed by atoms with Crippen LogP contribution in [0.5, 0.6) is 0 Å². The molecule has 1 N–H and O–H groups in total.